The van der Waals surface area contributed by atoms with E-state index in [2.05, 4.69) is 20.5 Å². The lowest BCUT2D eigenvalue weighted by molar-refractivity contribution is -0.584. The van der Waals surface area contributed by atoms with Crippen LogP contribution in [0.25, 0.3) is 11.9 Å². The van der Waals surface area contributed by atoms with Crippen molar-refractivity contribution in [3.8, 4) is 5.82 Å². The van der Waals surface area contributed by atoms with Gasteiger partial charge in [0.1, 0.15) is 6.20 Å². The molecule has 3 heterocycles. The highest BCUT2D eigenvalue weighted by Crippen LogP contribution is 2.13. The number of ether oxygens (including phenoxy) is 1. The first-order chi connectivity index (χ1) is 20.0. The van der Waals surface area contributed by atoms with Gasteiger partial charge >= 0.3 is 11.7 Å². The zero-order valence-electron chi connectivity index (χ0n) is 23.3. The standard InChI is InChI=1S/C32H34N6O3/c1-25-7-4-10-28(21-25)29(39)23-27-9-5-8-26(22-27)12-13-32(40)33-30-11-2-3-16-38(30)31-24-37(35-34-31)15-6-14-36-17-19-41-20-18-36/h2-5,7-13,16,21-22,24H,6,14-15,17-20,23H2,1H3/p+1/b13-12+. The Labute approximate surface area is 240 Å². The van der Waals surface area contributed by atoms with Crippen molar-refractivity contribution >= 4 is 23.6 Å². The van der Waals surface area contributed by atoms with E-state index in [1.165, 1.54) is 6.08 Å². The summed E-state index contributed by atoms with van der Waals surface area (Å²) in [4.78, 5) is 27.9. The first kappa shape index (κ1) is 28.1. The molecule has 9 heteroatoms. The van der Waals surface area contributed by atoms with Crippen LogP contribution in [0, 0.1) is 6.92 Å². The smallest absolute Gasteiger partial charge is 0.313 e. The molecule has 0 atom stereocenters. The molecule has 4 aromatic rings. The first-order valence-electron chi connectivity index (χ1n) is 13.9. The van der Waals surface area contributed by atoms with Crippen LogP contribution in [-0.4, -0.2) is 64.4 Å². The van der Waals surface area contributed by atoms with E-state index in [0.717, 1.165) is 62.5 Å². The number of rotatable bonds is 11. The molecule has 0 aliphatic carbocycles. The fraction of sp³-hybridized carbons (Fsp3) is 0.281. The van der Waals surface area contributed by atoms with Crippen molar-refractivity contribution in [3.63, 3.8) is 0 Å². The maximum atomic E-state index is 12.8. The summed E-state index contributed by atoms with van der Waals surface area (Å²) in [6.45, 7) is 7.27. The molecule has 0 spiro atoms. The van der Waals surface area contributed by atoms with Crippen molar-refractivity contribution in [1.82, 2.24) is 19.9 Å². The van der Waals surface area contributed by atoms with Gasteiger partial charge in [-0.15, -0.1) is 0 Å². The highest BCUT2D eigenvalue weighted by atomic mass is 16.5. The molecule has 1 aliphatic heterocycles. The summed E-state index contributed by atoms with van der Waals surface area (Å²) in [5.41, 5.74) is 3.50. The number of ketones is 1. The molecule has 1 N–H and O–H groups in total. The van der Waals surface area contributed by atoms with Crippen LogP contribution in [0.3, 0.4) is 0 Å². The highest BCUT2D eigenvalue weighted by molar-refractivity contribution is 6.01. The summed E-state index contributed by atoms with van der Waals surface area (Å²) in [5.74, 6) is 1.00. The molecule has 0 bridgehead atoms. The molecular weight excluding hydrogens is 516 g/mol. The van der Waals surface area contributed by atoms with Gasteiger partial charge in [0.15, 0.2) is 5.78 Å². The Morgan fingerprint density at radius 3 is 2.73 bits per heavy atom. The van der Waals surface area contributed by atoms with Crippen LogP contribution in [0.1, 0.15) is 33.5 Å². The Morgan fingerprint density at radius 2 is 1.88 bits per heavy atom. The molecule has 2 aromatic heterocycles. The van der Waals surface area contributed by atoms with Crippen LogP contribution >= 0.6 is 0 Å². The average Bonchev–Trinajstić information content (AvgIpc) is 3.46. The van der Waals surface area contributed by atoms with E-state index < -0.39 is 0 Å². The minimum atomic E-state index is -0.274. The Hall–Kier alpha value is -4.47. The van der Waals surface area contributed by atoms with Crippen molar-refractivity contribution in [1.29, 1.82) is 0 Å². The summed E-state index contributed by atoms with van der Waals surface area (Å²) < 4.78 is 9.04. The molecule has 0 radical (unpaired) electrons. The number of carbonyl (C=O) groups excluding carboxylic acids is 2. The van der Waals surface area contributed by atoms with Gasteiger partial charge in [-0.05, 0) is 42.7 Å². The fourth-order valence-corrected chi connectivity index (χ4v) is 4.79. The third-order valence-corrected chi connectivity index (χ3v) is 6.93. The van der Waals surface area contributed by atoms with E-state index in [1.807, 2.05) is 90.7 Å². The lowest BCUT2D eigenvalue weighted by atomic mass is 10.00. The molecule has 2 aromatic carbocycles. The third kappa shape index (κ3) is 8.03. The van der Waals surface area contributed by atoms with Crippen LogP contribution in [0.5, 0.6) is 0 Å². The maximum Gasteiger partial charge on any atom is 0.313 e. The molecule has 1 saturated heterocycles. The van der Waals surface area contributed by atoms with E-state index in [4.69, 9.17) is 4.74 Å². The summed E-state index contributed by atoms with van der Waals surface area (Å²) >= 11 is 0. The topological polar surface area (TPSA) is 93.2 Å². The molecule has 1 fully saturated rings. The van der Waals surface area contributed by atoms with Crippen molar-refractivity contribution in [3.05, 3.63) is 107 Å². The van der Waals surface area contributed by atoms with Crippen LogP contribution in [-0.2, 0) is 22.5 Å². The zero-order chi connectivity index (χ0) is 28.4. The fourth-order valence-electron chi connectivity index (χ4n) is 4.79. The van der Waals surface area contributed by atoms with Gasteiger partial charge in [-0.3, -0.25) is 14.5 Å². The number of hydrogen-bond acceptors (Lipinski definition) is 6. The summed E-state index contributed by atoms with van der Waals surface area (Å²) in [6, 6.07) is 20.8. The van der Waals surface area contributed by atoms with Gasteiger partial charge < -0.3 is 4.74 Å². The average molecular weight is 552 g/mol. The van der Waals surface area contributed by atoms with Crippen molar-refractivity contribution in [2.45, 2.75) is 26.3 Å². The van der Waals surface area contributed by atoms with Crippen LogP contribution in [0.2, 0.25) is 0 Å². The van der Waals surface area contributed by atoms with Crippen molar-refractivity contribution < 1.29 is 18.9 Å². The molecule has 0 saturated carbocycles. The maximum absolute atomic E-state index is 12.8. The van der Waals surface area contributed by atoms with Crippen LogP contribution in [0.15, 0.2) is 85.2 Å². The summed E-state index contributed by atoms with van der Waals surface area (Å²) in [7, 11) is 0. The Kier molecular flexibility index (Phi) is 9.41. The zero-order valence-corrected chi connectivity index (χ0v) is 23.3. The number of amides is 1. The number of nitrogens with zero attached hydrogens (tertiary/aromatic N) is 5. The van der Waals surface area contributed by atoms with E-state index in [0.29, 0.717) is 23.6 Å². The SMILES string of the molecule is Cc1cccc(C(=O)Cc2cccc(/C=C/C(=O)Nc3cccc[n+]3-c3cn(CCCN4CCOCC4)nn3)c2)c1. The Morgan fingerprint density at radius 1 is 1.02 bits per heavy atom. The predicted octanol–water partition coefficient (Wildman–Crippen LogP) is 3.66. The number of anilines is 1. The number of aromatic nitrogens is 4. The van der Waals surface area contributed by atoms with Gasteiger partial charge in [0.2, 0.25) is 5.82 Å². The van der Waals surface area contributed by atoms with Gasteiger partial charge in [0, 0.05) is 60.6 Å². The molecule has 210 valence electrons. The minimum Gasteiger partial charge on any atom is -0.379 e. The molecule has 1 amide bonds. The molecule has 1 aliphatic rings. The number of nitrogens with one attached hydrogen (secondary N) is 1. The molecule has 0 unspecified atom stereocenters. The molecular formula is C32H35N6O3+. The largest absolute Gasteiger partial charge is 0.379 e. The normalized spacial score (nSPS) is 13.9. The summed E-state index contributed by atoms with van der Waals surface area (Å²) in [6.07, 6.45) is 8.23. The lowest BCUT2D eigenvalue weighted by Gasteiger charge is -2.26. The number of morpholine rings is 1. The van der Waals surface area contributed by atoms with Crippen molar-refractivity contribution in [2.24, 2.45) is 0 Å². The number of hydrogen-bond donors (Lipinski definition) is 1. The van der Waals surface area contributed by atoms with E-state index >= 15 is 0 Å². The molecule has 41 heavy (non-hydrogen) atoms. The molecule has 9 nitrogen and oxygen atoms in total. The van der Waals surface area contributed by atoms with Gasteiger partial charge in [-0.2, -0.15) is 4.57 Å². The van der Waals surface area contributed by atoms with E-state index in [1.54, 1.807) is 10.6 Å². The van der Waals surface area contributed by atoms with Crippen LogP contribution < -0.4 is 9.88 Å². The molecule has 5 rings (SSSR count). The Balaban J connectivity index is 1.18. The monoisotopic (exact) mass is 551 g/mol. The number of benzene rings is 2. The quantitative estimate of drug-likeness (QED) is 0.174. The lowest BCUT2D eigenvalue weighted by Crippen LogP contribution is -2.37. The van der Waals surface area contributed by atoms with E-state index in [9.17, 15) is 9.59 Å². The number of Topliss-reactive ketones (excluding diaryl/α,β-unsaturated/α-hetero) is 1. The predicted molar refractivity (Wildman–Crippen MR) is 157 cm³/mol. The highest BCUT2D eigenvalue weighted by Gasteiger charge is 2.17. The minimum absolute atomic E-state index is 0.0650. The second-order valence-electron chi connectivity index (χ2n) is 10.1. The number of pyridine rings is 1. The number of carbonyl (C=O) groups is 2. The second-order valence-corrected chi connectivity index (χ2v) is 10.1. The second kappa shape index (κ2) is 13.7. The van der Waals surface area contributed by atoms with Crippen molar-refractivity contribution in [2.75, 3.05) is 38.2 Å². The third-order valence-electron chi connectivity index (χ3n) is 6.93. The van der Waals surface area contributed by atoms with Gasteiger partial charge in [0.25, 0.3) is 0 Å². The first-order valence-corrected chi connectivity index (χ1v) is 13.9. The summed E-state index contributed by atoms with van der Waals surface area (Å²) in [5, 5.41) is 11.5. The number of aryl methyl sites for hydroxylation is 2. The Bertz CT molecular complexity index is 1520. The van der Waals surface area contributed by atoms with Crippen LogP contribution in [0.4, 0.5) is 5.82 Å². The van der Waals surface area contributed by atoms with E-state index in [-0.39, 0.29) is 11.7 Å². The van der Waals surface area contributed by atoms with Gasteiger partial charge in [-0.1, -0.05) is 54.1 Å². The van der Waals surface area contributed by atoms with Gasteiger partial charge in [-0.25, -0.2) is 10.00 Å². The van der Waals surface area contributed by atoms with Gasteiger partial charge in [0.05, 0.1) is 19.4 Å².